The molecular formula is C26H21N3O2. The number of anilines is 1. The minimum absolute atomic E-state index is 0.388. The lowest BCUT2D eigenvalue weighted by Gasteiger charge is -2.13. The minimum Gasteiger partial charge on any atom is -0.487 e. The van der Waals surface area contributed by atoms with Gasteiger partial charge in [0, 0.05) is 29.4 Å². The van der Waals surface area contributed by atoms with Gasteiger partial charge in [0.05, 0.1) is 5.69 Å². The molecule has 1 aromatic heterocycles. The van der Waals surface area contributed by atoms with Crippen LogP contribution < -0.4 is 10.1 Å². The molecule has 0 atom stereocenters. The second-order valence-electron chi connectivity index (χ2n) is 6.99. The van der Waals surface area contributed by atoms with Crippen LogP contribution in [0.4, 0.5) is 5.69 Å². The molecule has 31 heavy (non-hydrogen) atoms. The molecule has 0 saturated heterocycles. The lowest BCUT2D eigenvalue weighted by atomic mass is 10.1. The predicted octanol–water partition coefficient (Wildman–Crippen LogP) is 4.95. The molecule has 0 saturated carbocycles. The Bertz CT molecular complexity index is 1220. The van der Waals surface area contributed by atoms with Gasteiger partial charge in [-0.05, 0) is 42.8 Å². The Hall–Kier alpha value is -4.30. The number of aromatic amines is 1. The smallest absolute Gasteiger partial charge is 0.300 e. The number of imidazole rings is 1. The summed E-state index contributed by atoms with van der Waals surface area (Å²) in [5.41, 5.74) is 4.38. The Morgan fingerprint density at radius 3 is 2.61 bits per heavy atom. The Kier molecular flexibility index (Phi) is 6.10. The second kappa shape index (κ2) is 9.47. The number of hydrogen-bond donors (Lipinski definition) is 2. The number of carbonyl (C=O) groups excluding carboxylic acids is 1. The van der Waals surface area contributed by atoms with E-state index >= 15 is 0 Å². The Balaban J connectivity index is 1.56. The van der Waals surface area contributed by atoms with Gasteiger partial charge in [0.15, 0.2) is 0 Å². The van der Waals surface area contributed by atoms with E-state index in [-0.39, 0.29) is 0 Å². The zero-order valence-corrected chi connectivity index (χ0v) is 17.1. The fourth-order valence-corrected chi connectivity index (χ4v) is 2.97. The van der Waals surface area contributed by atoms with Crippen LogP contribution in [0.2, 0.25) is 0 Å². The number of ether oxygens (including phenoxy) is 1. The Morgan fingerprint density at radius 2 is 1.87 bits per heavy atom. The molecule has 3 aromatic carbocycles. The average Bonchev–Trinajstić information content (AvgIpc) is 3.34. The highest BCUT2D eigenvalue weighted by Crippen LogP contribution is 2.30. The van der Waals surface area contributed by atoms with E-state index in [1.165, 1.54) is 5.56 Å². The normalized spacial score (nSPS) is 10.1. The first-order chi connectivity index (χ1) is 15.2. The van der Waals surface area contributed by atoms with Crippen LogP contribution in [0, 0.1) is 18.8 Å². The molecule has 0 fully saturated rings. The number of aromatic nitrogens is 2. The minimum atomic E-state index is -0.416. The zero-order chi connectivity index (χ0) is 21.5. The molecular weight excluding hydrogens is 386 g/mol. The number of H-pyrrole nitrogens is 1. The van der Waals surface area contributed by atoms with Crippen LogP contribution in [0.5, 0.6) is 5.75 Å². The summed E-state index contributed by atoms with van der Waals surface area (Å²) >= 11 is 0. The van der Waals surface area contributed by atoms with Gasteiger partial charge in [-0.1, -0.05) is 53.9 Å². The van der Waals surface area contributed by atoms with Gasteiger partial charge in [-0.2, -0.15) is 0 Å². The number of amides is 1. The molecule has 0 spiro atoms. The second-order valence-corrected chi connectivity index (χ2v) is 6.99. The topological polar surface area (TPSA) is 67.0 Å². The van der Waals surface area contributed by atoms with Crippen LogP contribution >= 0.6 is 0 Å². The third-order valence-corrected chi connectivity index (χ3v) is 4.61. The molecule has 2 N–H and O–H groups in total. The van der Waals surface area contributed by atoms with Gasteiger partial charge in [-0.25, -0.2) is 4.98 Å². The van der Waals surface area contributed by atoms with Crippen molar-refractivity contribution in [3.05, 3.63) is 102 Å². The van der Waals surface area contributed by atoms with Crippen molar-refractivity contribution in [3.63, 3.8) is 0 Å². The predicted molar refractivity (Wildman–Crippen MR) is 121 cm³/mol. The number of rotatable bonds is 5. The number of hydrogen-bond acceptors (Lipinski definition) is 3. The molecule has 5 nitrogen and oxygen atoms in total. The highest BCUT2D eigenvalue weighted by Gasteiger charge is 2.11. The van der Waals surface area contributed by atoms with Crippen molar-refractivity contribution in [2.45, 2.75) is 13.5 Å². The lowest BCUT2D eigenvalue weighted by molar-refractivity contribution is -0.111. The number of nitrogens with one attached hydrogen (secondary N) is 2. The van der Waals surface area contributed by atoms with E-state index in [9.17, 15) is 4.79 Å². The molecule has 1 amide bonds. The zero-order valence-electron chi connectivity index (χ0n) is 17.1. The highest BCUT2D eigenvalue weighted by molar-refractivity contribution is 6.05. The average molecular weight is 407 g/mol. The van der Waals surface area contributed by atoms with Crippen molar-refractivity contribution in [2.24, 2.45) is 0 Å². The van der Waals surface area contributed by atoms with Gasteiger partial charge in [-0.3, -0.25) is 4.79 Å². The molecule has 0 radical (unpaired) electrons. The third kappa shape index (κ3) is 5.40. The quantitative estimate of drug-likeness (QED) is 0.460. The van der Waals surface area contributed by atoms with Gasteiger partial charge in [0.1, 0.15) is 18.2 Å². The maximum atomic E-state index is 12.5. The van der Waals surface area contributed by atoms with E-state index in [0.29, 0.717) is 23.9 Å². The SMILES string of the molecule is Cc1ccc(COc2ccc(-c3ncc[nH]3)cc2NC(=O)C#Cc2ccccc2)cc1. The highest BCUT2D eigenvalue weighted by atomic mass is 16.5. The monoisotopic (exact) mass is 407 g/mol. The molecule has 0 unspecified atom stereocenters. The Labute approximate surface area is 181 Å². The fourth-order valence-electron chi connectivity index (χ4n) is 2.97. The summed E-state index contributed by atoms with van der Waals surface area (Å²) in [6.07, 6.45) is 3.43. The van der Waals surface area contributed by atoms with Crippen molar-refractivity contribution in [2.75, 3.05) is 5.32 Å². The van der Waals surface area contributed by atoms with Gasteiger partial charge in [0.2, 0.25) is 0 Å². The third-order valence-electron chi connectivity index (χ3n) is 4.61. The Morgan fingerprint density at radius 1 is 1.06 bits per heavy atom. The number of benzene rings is 3. The maximum absolute atomic E-state index is 12.5. The van der Waals surface area contributed by atoms with Gasteiger partial charge in [0.25, 0.3) is 0 Å². The fraction of sp³-hybridized carbons (Fsp3) is 0.0769. The first-order valence-electron chi connectivity index (χ1n) is 9.87. The molecule has 0 aliphatic heterocycles. The summed E-state index contributed by atoms with van der Waals surface area (Å²) in [6, 6.07) is 23.1. The van der Waals surface area contributed by atoms with Gasteiger partial charge >= 0.3 is 5.91 Å². The lowest BCUT2D eigenvalue weighted by Crippen LogP contribution is -2.10. The van der Waals surface area contributed by atoms with E-state index in [2.05, 4.69) is 27.1 Å². The number of carbonyl (C=O) groups is 1. The van der Waals surface area contributed by atoms with Crippen LogP contribution in [-0.4, -0.2) is 15.9 Å². The van der Waals surface area contributed by atoms with E-state index in [1.807, 2.05) is 79.7 Å². The van der Waals surface area contributed by atoms with Crippen molar-refractivity contribution in [1.29, 1.82) is 0 Å². The van der Waals surface area contributed by atoms with E-state index in [1.54, 1.807) is 12.4 Å². The largest absolute Gasteiger partial charge is 0.487 e. The van der Waals surface area contributed by atoms with Gasteiger partial charge in [-0.15, -0.1) is 0 Å². The molecule has 0 aliphatic carbocycles. The number of aryl methyl sites for hydroxylation is 1. The summed E-state index contributed by atoms with van der Waals surface area (Å²) in [4.78, 5) is 19.8. The molecule has 0 bridgehead atoms. The molecule has 152 valence electrons. The van der Waals surface area contributed by atoms with Crippen LogP contribution in [0.3, 0.4) is 0 Å². The summed E-state index contributed by atoms with van der Waals surface area (Å²) in [5.74, 6) is 6.35. The maximum Gasteiger partial charge on any atom is 0.300 e. The van der Waals surface area contributed by atoms with E-state index in [0.717, 1.165) is 16.7 Å². The van der Waals surface area contributed by atoms with Crippen LogP contribution in [0.15, 0.2) is 85.2 Å². The van der Waals surface area contributed by atoms with Crippen molar-refractivity contribution in [3.8, 4) is 29.0 Å². The molecule has 1 heterocycles. The summed E-state index contributed by atoms with van der Waals surface area (Å²) < 4.78 is 6.01. The van der Waals surface area contributed by atoms with Crippen LogP contribution in [0.1, 0.15) is 16.7 Å². The molecule has 0 aliphatic rings. The summed E-state index contributed by atoms with van der Waals surface area (Å²) in [5, 5.41) is 2.85. The van der Waals surface area contributed by atoms with Crippen molar-refractivity contribution >= 4 is 11.6 Å². The first-order valence-corrected chi connectivity index (χ1v) is 9.87. The van der Waals surface area contributed by atoms with Crippen LogP contribution in [0.25, 0.3) is 11.4 Å². The van der Waals surface area contributed by atoms with Crippen molar-refractivity contribution < 1.29 is 9.53 Å². The van der Waals surface area contributed by atoms with Crippen LogP contribution in [-0.2, 0) is 11.4 Å². The molecule has 4 aromatic rings. The molecule has 5 heteroatoms. The summed E-state index contributed by atoms with van der Waals surface area (Å²) in [7, 11) is 0. The van der Waals surface area contributed by atoms with Crippen molar-refractivity contribution in [1.82, 2.24) is 9.97 Å². The van der Waals surface area contributed by atoms with E-state index < -0.39 is 5.91 Å². The number of nitrogens with zero attached hydrogens (tertiary/aromatic N) is 1. The molecule has 4 rings (SSSR count). The van der Waals surface area contributed by atoms with Gasteiger partial charge < -0.3 is 15.0 Å². The summed E-state index contributed by atoms with van der Waals surface area (Å²) in [6.45, 7) is 2.43. The van der Waals surface area contributed by atoms with E-state index in [4.69, 9.17) is 4.74 Å². The standard InChI is InChI=1S/C26H21N3O2/c1-19-7-9-21(10-8-19)18-31-24-13-12-22(26-27-15-16-28-26)17-23(24)29-25(30)14-11-20-5-3-2-4-6-20/h2-10,12-13,15-17H,18H2,1H3,(H,27,28)(H,29,30). The first kappa shape index (κ1) is 20.0.